The summed E-state index contributed by atoms with van der Waals surface area (Å²) in [4.78, 5) is 4.06. The van der Waals surface area contributed by atoms with Gasteiger partial charge >= 0.3 is 0 Å². The molecule has 6 heteroatoms. The smallest absolute Gasteiger partial charge is 0.295 e. The van der Waals surface area contributed by atoms with Crippen LogP contribution in [0.3, 0.4) is 0 Å². The fourth-order valence-electron chi connectivity index (χ4n) is 1.88. The van der Waals surface area contributed by atoms with E-state index in [0.717, 1.165) is 37.1 Å². The highest BCUT2D eigenvalue weighted by Crippen LogP contribution is 2.24. The minimum atomic E-state index is -3.70. The van der Waals surface area contributed by atoms with Gasteiger partial charge in [0, 0.05) is 23.4 Å². The van der Waals surface area contributed by atoms with Crippen molar-refractivity contribution in [2.75, 3.05) is 0 Å². The SMILES string of the molecule is Cn1c(S(=O)(=O)Cl)nc2c1CCCC2. The first-order valence-corrected chi connectivity index (χ1v) is 6.80. The lowest BCUT2D eigenvalue weighted by Crippen LogP contribution is -2.07. The van der Waals surface area contributed by atoms with Crippen molar-refractivity contribution in [3.8, 4) is 0 Å². The standard InChI is InChI=1S/C8H11ClN2O2S/c1-11-7-5-3-2-4-6(7)10-8(11)14(9,12)13/h2-5H2,1H3. The molecule has 1 aliphatic carbocycles. The summed E-state index contributed by atoms with van der Waals surface area (Å²) in [5.74, 6) is 0. The van der Waals surface area contributed by atoms with Crippen LogP contribution in [0.2, 0.25) is 0 Å². The number of aryl methyl sites for hydroxylation is 1. The van der Waals surface area contributed by atoms with Gasteiger partial charge in [-0.1, -0.05) is 0 Å². The van der Waals surface area contributed by atoms with Crippen LogP contribution in [0, 0.1) is 0 Å². The molecule has 0 amide bonds. The summed E-state index contributed by atoms with van der Waals surface area (Å²) in [5, 5.41) is -0.0222. The van der Waals surface area contributed by atoms with Crippen molar-refractivity contribution in [1.82, 2.24) is 9.55 Å². The van der Waals surface area contributed by atoms with Gasteiger partial charge in [-0.25, -0.2) is 13.4 Å². The third kappa shape index (κ3) is 1.54. The number of nitrogens with zero attached hydrogens (tertiary/aromatic N) is 2. The van der Waals surface area contributed by atoms with Gasteiger partial charge in [-0.3, -0.25) is 0 Å². The highest BCUT2D eigenvalue weighted by molar-refractivity contribution is 8.13. The molecule has 4 nitrogen and oxygen atoms in total. The maximum absolute atomic E-state index is 11.2. The summed E-state index contributed by atoms with van der Waals surface area (Å²) in [6.07, 6.45) is 3.92. The van der Waals surface area contributed by atoms with E-state index >= 15 is 0 Å². The summed E-state index contributed by atoms with van der Waals surface area (Å²) in [6, 6.07) is 0. The first-order valence-electron chi connectivity index (χ1n) is 4.49. The number of fused-ring (bicyclic) bond motifs is 1. The molecule has 0 atom stereocenters. The van der Waals surface area contributed by atoms with Gasteiger partial charge in [0.15, 0.2) is 0 Å². The summed E-state index contributed by atoms with van der Waals surface area (Å²) in [5.41, 5.74) is 1.90. The average molecular weight is 235 g/mol. The summed E-state index contributed by atoms with van der Waals surface area (Å²) < 4.78 is 23.9. The van der Waals surface area contributed by atoms with Crippen LogP contribution in [0.25, 0.3) is 0 Å². The molecule has 0 bridgehead atoms. The Balaban J connectivity index is 2.60. The van der Waals surface area contributed by atoms with Crippen molar-refractivity contribution in [3.05, 3.63) is 11.4 Å². The van der Waals surface area contributed by atoms with Gasteiger partial charge in [0.2, 0.25) is 5.16 Å². The molecule has 0 aliphatic heterocycles. The number of aromatic nitrogens is 2. The van der Waals surface area contributed by atoms with Gasteiger partial charge in [0.1, 0.15) is 0 Å². The fourth-order valence-corrected chi connectivity index (χ4v) is 2.95. The second-order valence-electron chi connectivity index (χ2n) is 3.49. The van der Waals surface area contributed by atoms with Crippen molar-refractivity contribution < 1.29 is 8.42 Å². The van der Waals surface area contributed by atoms with E-state index in [1.165, 1.54) is 0 Å². The van der Waals surface area contributed by atoms with Gasteiger partial charge in [0.25, 0.3) is 9.05 Å². The largest absolute Gasteiger partial charge is 0.321 e. The van der Waals surface area contributed by atoms with Crippen LogP contribution < -0.4 is 0 Å². The van der Waals surface area contributed by atoms with Crippen molar-refractivity contribution >= 4 is 19.7 Å². The van der Waals surface area contributed by atoms with Crippen LogP contribution in [-0.2, 0) is 28.9 Å². The van der Waals surface area contributed by atoms with E-state index < -0.39 is 9.05 Å². The molecule has 1 aromatic rings. The number of hydrogen-bond acceptors (Lipinski definition) is 3. The monoisotopic (exact) mass is 234 g/mol. The third-order valence-electron chi connectivity index (χ3n) is 2.55. The number of imidazole rings is 1. The van der Waals surface area contributed by atoms with Crippen LogP contribution in [0.1, 0.15) is 24.2 Å². The molecule has 1 aromatic heterocycles. The van der Waals surface area contributed by atoms with Gasteiger partial charge in [0.05, 0.1) is 5.69 Å². The summed E-state index contributed by atoms with van der Waals surface area (Å²) >= 11 is 0. The van der Waals surface area contributed by atoms with Crippen molar-refractivity contribution in [2.24, 2.45) is 7.05 Å². The third-order valence-corrected chi connectivity index (χ3v) is 3.77. The minimum absolute atomic E-state index is 0.0222. The molecule has 0 saturated heterocycles. The normalized spacial score (nSPS) is 16.7. The van der Waals surface area contributed by atoms with Crippen molar-refractivity contribution in [1.29, 1.82) is 0 Å². The van der Waals surface area contributed by atoms with Gasteiger partial charge in [-0.05, 0) is 25.7 Å². The van der Waals surface area contributed by atoms with E-state index in [1.54, 1.807) is 11.6 Å². The average Bonchev–Trinajstić information content (AvgIpc) is 2.44. The molecule has 0 spiro atoms. The van der Waals surface area contributed by atoms with Crippen LogP contribution in [0.4, 0.5) is 0 Å². The molecule has 0 fully saturated rings. The lowest BCUT2D eigenvalue weighted by molar-refractivity contribution is 0.588. The molecule has 1 heterocycles. The van der Waals surface area contributed by atoms with Crippen LogP contribution in [0.15, 0.2) is 5.16 Å². The first-order chi connectivity index (χ1) is 6.50. The Morgan fingerprint density at radius 1 is 1.36 bits per heavy atom. The van der Waals surface area contributed by atoms with E-state index in [-0.39, 0.29) is 5.16 Å². The number of halogens is 1. The molecule has 1 aliphatic rings. The Labute approximate surface area is 87.3 Å². The fraction of sp³-hybridized carbons (Fsp3) is 0.625. The Hall–Kier alpha value is -0.550. The molecule has 78 valence electrons. The predicted octanol–water partition coefficient (Wildman–Crippen LogP) is 1.23. The molecular weight excluding hydrogens is 224 g/mol. The second kappa shape index (κ2) is 3.24. The summed E-state index contributed by atoms with van der Waals surface area (Å²) in [6.45, 7) is 0. The second-order valence-corrected chi connectivity index (χ2v) is 5.95. The lowest BCUT2D eigenvalue weighted by Gasteiger charge is -2.10. The van der Waals surface area contributed by atoms with Crippen LogP contribution in [-0.4, -0.2) is 18.0 Å². The highest BCUT2D eigenvalue weighted by Gasteiger charge is 2.24. The van der Waals surface area contributed by atoms with Crippen molar-refractivity contribution in [2.45, 2.75) is 30.8 Å². The lowest BCUT2D eigenvalue weighted by atomic mass is 10.0. The van der Waals surface area contributed by atoms with Gasteiger partial charge in [-0.2, -0.15) is 0 Å². The Kier molecular flexibility index (Phi) is 2.31. The topological polar surface area (TPSA) is 52.0 Å². The maximum Gasteiger partial charge on any atom is 0.295 e. The van der Waals surface area contributed by atoms with E-state index in [1.807, 2.05) is 0 Å². The molecule has 0 aromatic carbocycles. The maximum atomic E-state index is 11.2. The molecule has 14 heavy (non-hydrogen) atoms. The summed E-state index contributed by atoms with van der Waals surface area (Å²) in [7, 11) is 3.27. The first kappa shape index (κ1) is 9.98. The minimum Gasteiger partial charge on any atom is -0.321 e. The van der Waals surface area contributed by atoms with E-state index in [9.17, 15) is 8.42 Å². The molecule has 0 N–H and O–H groups in total. The quantitative estimate of drug-likeness (QED) is 0.687. The van der Waals surface area contributed by atoms with Gasteiger partial charge in [-0.15, -0.1) is 0 Å². The number of hydrogen-bond donors (Lipinski definition) is 0. The molecule has 0 unspecified atom stereocenters. The number of rotatable bonds is 1. The molecule has 2 rings (SSSR count). The zero-order chi connectivity index (χ0) is 10.3. The molecular formula is C8H11ClN2O2S. The zero-order valence-electron chi connectivity index (χ0n) is 7.83. The highest BCUT2D eigenvalue weighted by atomic mass is 35.7. The van der Waals surface area contributed by atoms with E-state index in [4.69, 9.17) is 10.7 Å². The van der Waals surface area contributed by atoms with Gasteiger partial charge < -0.3 is 4.57 Å². The predicted molar refractivity (Wildman–Crippen MR) is 52.9 cm³/mol. The zero-order valence-corrected chi connectivity index (χ0v) is 9.40. The molecule has 0 saturated carbocycles. The van der Waals surface area contributed by atoms with Crippen molar-refractivity contribution in [3.63, 3.8) is 0 Å². The Morgan fingerprint density at radius 2 is 2.00 bits per heavy atom. The Morgan fingerprint density at radius 3 is 2.57 bits per heavy atom. The molecule has 0 radical (unpaired) electrons. The van der Waals surface area contributed by atoms with Crippen LogP contribution >= 0.6 is 10.7 Å². The Bertz CT molecular complexity index is 464. The van der Waals surface area contributed by atoms with E-state index in [2.05, 4.69) is 4.98 Å². The van der Waals surface area contributed by atoms with Crippen LogP contribution in [0.5, 0.6) is 0 Å². The van der Waals surface area contributed by atoms with E-state index in [0.29, 0.717) is 0 Å².